The van der Waals surface area contributed by atoms with Crippen LogP contribution in [-0.4, -0.2) is 84.2 Å². The molecule has 11 heteroatoms. The van der Waals surface area contributed by atoms with E-state index in [1.807, 2.05) is 11.3 Å². The topological polar surface area (TPSA) is 97.4 Å². The molecule has 0 spiro atoms. The van der Waals surface area contributed by atoms with Crippen molar-refractivity contribution in [2.45, 2.75) is 55.6 Å². The Labute approximate surface area is 242 Å². The number of methoxy groups -OCH3 is 2. The van der Waals surface area contributed by atoms with Crippen LogP contribution in [0, 0.1) is 11.8 Å². The number of amides is 1. The summed E-state index contributed by atoms with van der Waals surface area (Å²) in [7, 11) is 3.62. The molecule has 9 nitrogen and oxygen atoms in total. The Morgan fingerprint density at radius 1 is 1.10 bits per heavy atom. The summed E-state index contributed by atoms with van der Waals surface area (Å²) in [5, 5.41) is 5.15. The summed E-state index contributed by atoms with van der Waals surface area (Å²) < 4.78 is 43.9. The Bertz CT molecular complexity index is 1200. The van der Waals surface area contributed by atoms with Crippen molar-refractivity contribution in [2.24, 2.45) is 11.8 Å². The number of nitrogens with zero attached hydrogens (tertiary/aromatic N) is 2. The highest BCUT2D eigenvalue weighted by Crippen LogP contribution is 2.41. The molecule has 1 aliphatic heterocycles. The number of hydrogen-bond acceptors (Lipinski definition) is 8. The molecule has 1 amide bonds. The number of carbonyl (C=O) groups is 1. The van der Waals surface area contributed by atoms with Crippen molar-refractivity contribution in [3.63, 3.8) is 0 Å². The van der Waals surface area contributed by atoms with Crippen LogP contribution in [0.3, 0.4) is 0 Å². The highest BCUT2D eigenvalue weighted by Gasteiger charge is 2.34. The first-order valence-corrected chi connectivity index (χ1v) is 16.3. The van der Waals surface area contributed by atoms with Gasteiger partial charge in [0.25, 0.3) is 0 Å². The third-order valence-electron chi connectivity index (χ3n) is 8.15. The van der Waals surface area contributed by atoms with Crippen LogP contribution < -0.4 is 14.8 Å². The summed E-state index contributed by atoms with van der Waals surface area (Å²) in [5.74, 6) is 1.98. The molecule has 1 N–H and O–H groups in total. The van der Waals surface area contributed by atoms with E-state index in [0.717, 1.165) is 6.42 Å². The van der Waals surface area contributed by atoms with Crippen LogP contribution in [0.5, 0.6) is 11.5 Å². The third kappa shape index (κ3) is 7.55. The average molecular weight is 594 g/mol. The molecule has 2 unspecified atom stereocenters. The molecule has 1 saturated carbocycles. The van der Waals surface area contributed by atoms with Crippen LogP contribution in [0.25, 0.3) is 0 Å². The number of sulfonamides is 1. The molecule has 40 heavy (non-hydrogen) atoms. The van der Waals surface area contributed by atoms with Crippen molar-refractivity contribution in [3.8, 4) is 11.5 Å². The van der Waals surface area contributed by atoms with Gasteiger partial charge in [-0.1, -0.05) is 18.9 Å². The van der Waals surface area contributed by atoms with Crippen molar-refractivity contribution >= 4 is 27.3 Å². The lowest BCUT2D eigenvalue weighted by Gasteiger charge is -2.37. The molecule has 2 heterocycles. The maximum absolute atomic E-state index is 13.1. The van der Waals surface area contributed by atoms with E-state index in [1.54, 1.807) is 6.07 Å². The fourth-order valence-corrected chi connectivity index (χ4v) is 8.52. The first-order chi connectivity index (χ1) is 19.2. The molecule has 2 fully saturated rings. The monoisotopic (exact) mass is 593 g/mol. The highest BCUT2D eigenvalue weighted by atomic mass is 32.2. The minimum atomic E-state index is -3.71. The lowest BCUT2D eigenvalue weighted by Crippen LogP contribution is -2.34. The summed E-state index contributed by atoms with van der Waals surface area (Å²) in [5.41, 5.74) is 0. The highest BCUT2D eigenvalue weighted by molar-refractivity contribution is 7.89. The number of thiophene rings is 1. The van der Waals surface area contributed by atoms with Gasteiger partial charge in [0.15, 0.2) is 11.5 Å². The number of rotatable bonds is 13. The van der Waals surface area contributed by atoms with Gasteiger partial charge in [0, 0.05) is 36.6 Å². The van der Waals surface area contributed by atoms with Crippen LogP contribution in [0.2, 0.25) is 0 Å². The number of benzene rings is 1. The first kappa shape index (κ1) is 30.8. The molecule has 222 valence electrons. The second-order valence-corrected chi connectivity index (χ2v) is 13.9. The molecule has 2 aromatic rings. The quantitative estimate of drug-likeness (QED) is 0.373. The first-order valence-electron chi connectivity index (χ1n) is 14.0. The van der Waals surface area contributed by atoms with E-state index in [4.69, 9.17) is 14.2 Å². The number of hydrogen-bond donors (Lipinski definition) is 1. The van der Waals surface area contributed by atoms with Gasteiger partial charge in [0.2, 0.25) is 15.9 Å². The zero-order valence-corrected chi connectivity index (χ0v) is 25.6. The maximum Gasteiger partial charge on any atom is 0.246 e. The van der Waals surface area contributed by atoms with E-state index in [9.17, 15) is 13.2 Å². The molecule has 1 aromatic heterocycles. The Morgan fingerprint density at radius 2 is 1.85 bits per heavy atom. The van der Waals surface area contributed by atoms with E-state index >= 15 is 0 Å². The maximum atomic E-state index is 13.1. The van der Waals surface area contributed by atoms with Crippen LogP contribution >= 0.6 is 11.3 Å². The lowest BCUT2D eigenvalue weighted by atomic mass is 9.76. The van der Waals surface area contributed by atoms with Crippen LogP contribution in [0.4, 0.5) is 0 Å². The van der Waals surface area contributed by atoms with Gasteiger partial charge in [0.05, 0.1) is 25.2 Å². The fourth-order valence-electron chi connectivity index (χ4n) is 6.00. The van der Waals surface area contributed by atoms with E-state index in [1.165, 1.54) is 61.2 Å². The second kappa shape index (κ2) is 14.1. The van der Waals surface area contributed by atoms with Crippen LogP contribution in [0.1, 0.15) is 49.4 Å². The van der Waals surface area contributed by atoms with Crippen LogP contribution in [-0.2, 0) is 19.6 Å². The van der Waals surface area contributed by atoms with Crippen molar-refractivity contribution in [1.29, 1.82) is 0 Å². The smallest absolute Gasteiger partial charge is 0.246 e. The Hall–Kier alpha value is -2.18. The number of nitrogens with one attached hydrogen (secondary N) is 1. The number of ether oxygens (including phenoxy) is 3. The van der Waals surface area contributed by atoms with E-state index in [0.29, 0.717) is 48.9 Å². The SMILES string of the molecule is COc1ccc(S(=O)(=O)N2CCC(OCC(=O)NCCC3CCC(C(c4cccs4)N(C)C)CC3)C2)cc1OC. The molecule has 0 bridgehead atoms. The number of carbonyl (C=O) groups excluding carboxylic acids is 1. The Kier molecular flexibility index (Phi) is 10.9. The third-order valence-corrected chi connectivity index (χ3v) is 11.0. The van der Waals surface area contributed by atoms with Gasteiger partial charge >= 0.3 is 0 Å². The predicted octanol–water partition coefficient (Wildman–Crippen LogP) is 4.16. The molecule has 4 rings (SSSR count). The van der Waals surface area contributed by atoms with Gasteiger partial charge < -0.3 is 24.4 Å². The summed E-state index contributed by atoms with van der Waals surface area (Å²) in [4.78, 5) is 16.4. The standard InChI is InChI=1S/C29H43N3O6S2/c1-31(2)29(27-6-5-17-39-27)22-9-7-21(8-10-22)13-15-30-28(33)20-38-23-14-16-32(19-23)40(34,35)24-11-12-25(36-3)26(18-24)37-4/h5-6,11-12,17-18,21-23,29H,7-10,13-16,19-20H2,1-4H3,(H,30,33). The molecule has 1 saturated heterocycles. The largest absolute Gasteiger partial charge is 0.493 e. The summed E-state index contributed by atoms with van der Waals surface area (Å²) in [6.45, 7) is 1.14. The van der Waals surface area contributed by atoms with E-state index in [-0.39, 0.29) is 30.1 Å². The van der Waals surface area contributed by atoms with Crippen LogP contribution in [0.15, 0.2) is 40.6 Å². The van der Waals surface area contributed by atoms with Gasteiger partial charge in [-0.15, -0.1) is 11.3 Å². The molecular weight excluding hydrogens is 550 g/mol. The lowest BCUT2D eigenvalue weighted by molar-refractivity contribution is -0.127. The normalized spacial score (nSPS) is 22.8. The minimum absolute atomic E-state index is 0.0625. The average Bonchev–Trinajstić information content (AvgIpc) is 3.65. The molecule has 2 atom stereocenters. The molecule has 1 aliphatic carbocycles. The molecule has 2 aliphatic rings. The van der Waals surface area contributed by atoms with E-state index in [2.05, 4.69) is 41.8 Å². The zero-order chi connectivity index (χ0) is 28.7. The van der Waals surface area contributed by atoms with E-state index < -0.39 is 10.0 Å². The van der Waals surface area contributed by atoms with Gasteiger partial charge in [-0.2, -0.15) is 4.31 Å². The summed E-state index contributed by atoms with van der Waals surface area (Å²) in [6.07, 6.45) is 6.02. The summed E-state index contributed by atoms with van der Waals surface area (Å²) in [6, 6.07) is 9.43. The van der Waals surface area contributed by atoms with Crippen molar-refractivity contribution in [3.05, 3.63) is 40.6 Å². The zero-order valence-electron chi connectivity index (χ0n) is 24.0. The van der Waals surface area contributed by atoms with Gasteiger partial charge in [0.1, 0.15) is 6.61 Å². The second-order valence-electron chi connectivity index (χ2n) is 10.9. The van der Waals surface area contributed by atoms with Crippen molar-refractivity contribution in [1.82, 2.24) is 14.5 Å². The fraction of sp³-hybridized carbons (Fsp3) is 0.621. The molecule has 1 aromatic carbocycles. The van der Waals surface area contributed by atoms with Gasteiger partial charge in [-0.25, -0.2) is 8.42 Å². The van der Waals surface area contributed by atoms with Crippen molar-refractivity contribution in [2.75, 3.05) is 54.6 Å². The Balaban J connectivity index is 1.15. The predicted molar refractivity (Wildman–Crippen MR) is 156 cm³/mol. The minimum Gasteiger partial charge on any atom is -0.493 e. The molecule has 0 radical (unpaired) electrons. The van der Waals surface area contributed by atoms with Crippen molar-refractivity contribution < 1.29 is 27.4 Å². The Morgan fingerprint density at radius 3 is 2.50 bits per heavy atom. The van der Waals surface area contributed by atoms with Gasteiger partial charge in [-0.3, -0.25) is 4.79 Å². The van der Waals surface area contributed by atoms with Gasteiger partial charge in [-0.05, 0) is 75.2 Å². The summed E-state index contributed by atoms with van der Waals surface area (Å²) >= 11 is 1.84. The molecular formula is C29H43N3O6S2.